The highest BCUT2D eigenvalue weighted by atomic mass is 79.9. The predicted octanol–water partition coefficient (Wildman–Crippen LogP) is 4.12. The lowest BCUT2D eigenvalue weighted by atomic mass is 10.1. The van der Waals surface area contributed by atoms with Crippen molar-refractivity contribution in [3.8, 4) is 5.69 Å². The van der Waals surface area contributed by atoms with Crippen LogP contribution in [0.15, 0.2) is 41.0 Å². The summed E-state index contributed by atoms with van der Waals surface area (Å²) in [5.74, 6) is 0. The number of halogens is 1. The summed E-state index contributed by atoms with van der Waals surface area (Å²) in [6, 6.07) is 11.1. The minimum Gasteiger partial charge on any atom is -0.375 e. The number of benzene rings is 1. The van der Waals surface area contributed by atoms with Crippen LogP contribution in [-0.2, 0) is 0 Å². The molecule has 2 heterocycles. The van der Waals surface area contributed by atoms with Crippen molar-refractivity contribution in [2.75, 3.05) is 5.32 Å². The lowest BCUT2D eigenvalue weighted by molar-refractivity contribution is 0.686. The Morgan fingerprint density at radius 2 is 2.25 bits per heavy atom. The van der Waals surface area contributed by atoms with Crippen molar-refractivity contribution >= 4 is 21.6 Å². The molecule has 3 rings (SSSR count). The van der Waals surface area contributed by atoms with E-state index in [1.54, 1.807) is 0 Å². The third-order valence-electron chi connectivity index (χ3n) is 3.09. The molecule has 0 amide bonds. The quantitative estimate of drug-likeness (QED) is 0.829. The van der Waals surface area contributed by atoms with Crippen molar-refractivity contribution in [1.82, 2.24) is 4.57 Å². The van der Waals surface area contributed by atoms with Crippen molar-refractivity contribution in [1.29, 1.82) is 0 Å². The molecular weight excluding hydrogens is 264 g/mol. The monoisotopic (exact) mass is 276 g/mol. The van der Waals surface area contributed by atoms with Gasteiger partial charge in [0.05, 0.1) is 17.4 Å². The third kappa shape index (κ3) is 1.39. The smallest absolute Gasteiger partial charge is 0.0686 e. The molecule has 0 saturated heterocycles. The van der Waals surface area contributed by atoms with E-state index >= 15 is 0 Å². The number of rotatable bonds is 1. The summed E-state index contributed by atoms with van der Waals surface area (Å²) >= 11 is 3.51. The van der Waals surface area contributed by atoms with E-state index < -0.39 is 0 Å². The van der Waals surface area contributed by atoms with Crippen LogP contribution in [0.2, 0.25) is 0 Å². The Morgan fingerprint density at radius 3 is 3.06 bits per heavy atom. The molecule has 2 aromatic rings. The topological polar surface area (TPSA) is 17.0 Å². The molecule has 82 valence electrons. The summed E-state index contributed by atoms with van der Waals surface area (Å²) in [5, 5.41) is 3.58. The first-order valence-electron chi connectivity index (χ1n) is 5.53. The maximum atomic E-state index is 3.58. The zero-order valence-electron chi connectivity index (χ0n) is 9.07. The van der Waals surface area contributed by atoms with Crippen LogP contribution in [-0.4, -0.2) is 4.57 Å². The maximum Gasteiger partial charge on any atom is 0.0686 e. The number of nitrogens with zero attached hydrogens (tertiary/aromatic N) is 1. The first-order chi connectivity index (χ1) is 7.79. The molecule has 1 atom stereocenters. The molecule has 2 nitrogen and oxygen atoms in total. The number of nitrogens with one attached hydrogen (secondary N) is 1. The molecule has 16 heavy (non-hydrogen) atoms. The van der Waals surface area contributed by atoms with E-state index in [1.165, 1.54) is 17.1 Å². The lowest BCUT2D eigenvalue weighted by Gasteiger charge is -2.28. The summed E-state index contributed by atoms with van der Waals surface area (Å²) in [6.07, 6.45) is 3.22. The van der Waals surface area contributed by atoms with Gasteiger partial charge >= 0.3 is 0 Å². The zero-order chi connectivity index (χ0) is 11.1. The van der Waals surface area contributed by atoms with Gasteiger partial charge in [-0.25, -0.2) is 0 Å². The second-order valence-electron chi connectivity index (χ2n) is 4.07. The van der Waals surface area contributed by atoms with Crippen LogP contribution >= 0.6 is 15.9 Å². The van der Waals surface area contributed by atoms with Gasteiger partial charge in [0, 0.05) is 16.4 Å². The van der Waals surface area contributed by atoms with E-state index in [9.17, 15) is 0 Å². The Hall–Kier alpha value is -1.22. The second kappa shape index (κ2) is 3.67. The average molecular weight is 277 g/mol. The van der Waals surface area contributed by atoms with E-state index in [0.29, 0.717) is 6.04 Å². The van der Waals surface area contributed by atoms with E-state index in [1.807, 2.05) is 0 Å². The highest BCUT2D eigenvalue weighted by Crippen LogP contribution is 2.36. The fourth-order valence-electron chi connectivity index (χ4n) is 2.30. The van der Waals surface area contributed by atoms with Crippen molar-refractivity contribution in [3.05, 3.63) is 46.7 Å². The molecule has 0 bridgehead atoms. The Kier molecular flexibility index (Phi) is 2.28. The normalized spacial score (nSPS) is 17.5. The predicted molar refractivity (Wildman–Crippen MR) is 70.1 cm³/mol. The molecule has 0 fully saturated rings. The standard InChI is InChI=1S/C13H13BrN2/c1-2-10-12-4-3-7-16(12)13-6-5-9(14)8-11(13)15-10/h3-8,10,15H,2H2,1H3. The van der Waals surface area contributed by atoms with Crippen LogP contribution in [0.5, 0.6) is 0 Å². The van der Waals surface area contributed by atoms with E-state index in [0.717, 1.165) is 10.9 Å². The fraction of sp³-hybridized carbons (Fsp3) is 0.231. The van der Waals surface area contributed by atoms with Crippen LogP contribution in [0, 0.1) is 0 Å². The Labute approximate surface area is 103 Å². The van der Waals surface area contributed by atoms with Gasteiger partial charge in [-0.05, 0) is 36.8 Å². The van der Waals surface area contributed by atoms with Gasteiger partial charge in [0.15, 0.2) is 0 Å². The van der Waals surface area contributed by atoms with Crippen LogP contribution in [0.25, 0.3) is 5.69 Å². The summed E-state index contributed by atoms with van der Waals surface area (Å²) in [7, 11) is 0. The molecule has 0 aliphatic carbocycles. The molecule has 1 unspecified atom stereocenters. The van der Waals surface area contributed by atoms with Gasteiger partial charge in [-0.15, -0.1) is 0 Å². The molecule has 0 spiro atoms. The van der Waals surface area contributed by atoms with Crippen molar-refractivity contribution in [3.63, 3.8) is 0 Å². The molecule has 0 saturated carbocycles. The minimum absolute atomic E-state index is 0.414. The molecule has 1 N–H and O–H groups in total. The van der Waals surface area contributed by atoms with Gasteiger partial charge in [-0.2, -0.15) is 0 Å². The van der Waals surface area contributed by atoms with Gasteiger partial charge in [-0.3, -0.25) is 0 Å². The van der Waals surface area contributed by atoms with Gasteiger partial charge < -0.3 is 9.88 Å². The van der Waals surface area contributed by atoms with Crippen molar-refractivity contribution in [2.24, 2.45) is 0 Å². The molecule has 1 aromatic carbocycles. The number of aromatic nitrogens is 1. The summed E-state index contributed by atoms with van der Waals surface area (Å²) < 4.78 is 3.39. The molecule has 3 heteroatoms. The highest BCUT2D eigenvalue weighted by molar-refractivity contribution is 9.10. The largest absolute Gasteiger partial charge is 0.375 e. The van der Waals surface area contributed by atoms with Crippen molar-refractivity contribution in [2.45, 2.75) is 19.4 Å². The number of hydrogen-bond donors (Lipinski definition) is 1. The number of fused-ring (bicyclic) bond motifs is 3. The SMILES string of the molecule is CCC1Nc2cc(Br)ccc2-n2cccc21. The van der Waals surface area contributed by atoms with Crippen LogP contribution < -0.4 is 5.32 Å². The zero-order valence-corrected chi connectivity index (χ0v) is 10.7. The minimum atomic E-state index is 0.414. The highest BCUT2D eigenvalue weighted by Gasteiger charge is 2.21. The van der Waals surface area contributed by atoms with Gasteiger partial charge in [-0.1, -0.05) is 22.9 Å². The Bertz CT molecular complexity index is 530. The molecular formula is C13H13BrN2. The number of hydrogen-bond acceptors (Lipinski definition) is 1. The van der Waals surface area contributed by atoms with Gasteiger partial charge in [0.1, 0.15) is 0 Å². The van der Waals surface area contributed by atoms with E-state index in [2.05, 4.69) is 69.3 Å². The van der Waals surface area contributed by atoms with Crippen LogP contribution in [0.3, 0.4) is 0 Å². The van der Waals surface area contributed by atoms with Gasteiger partial charge in [0.25, 0.3) is 0 Å². The molecule has 0 radical (unpaired) electrons. The lowest BCUT2D eigenvalue weighted by Crippen LogP contribution is -2.20. The molecule has 1 aromatic heterocycles. The fourth-order valence-corrected chi connectivity index (χ4v) is 2.67. The van der Waals surface area contributed by atoms with Gasteiger partial charge in [0.2, 0.25) is 0 Å². The average Bonchev–Trinajstić information content (AvgIpc) is 2.76. The molecule has 1 aliphatic rings. The van der Waals surface area contributed by atoms with E-state index in [-0.39, 0.29) is 0 Å². The third-order valence-corrected chi connectivity index (χ3v) is 3.59. The summed E-state index contributed by atoms with van der Waals surface area (Å²) in [4.78, 5) is 0. The maximum absolute atomic E-state index is 3.58. The van der Waals surface area contributed by atoms with Crippen LogP contribution in [0.1, 0.15) is 25.1 Å². The first kappa shape index (κ1) is 9.97. The second-order valence-corrected chi connectivity index (χ2v) is 4.99. The summed E-state index contributed by atoms with van der Waals surface area (Å²) in [6.45, 7) is 2.21. The molecule has 1 aliphatic heterocycles. The first-order valence-corrected chi connectivity index (χ1v) is 6.32. The van der Waals surface area contributed by atoms with Crippen molar-refractivity contribution < 1.29 is 0 Å². The Morgan fingerprint density at radius 1 is 1.38 bits per heavy atom. The Balaban J connectivity index is 2.21. The summed E-state index contributed by atoms with van der Waals surface area (Å²) in [5.41, 5.74) is 3.77. The van der Waals surface area contributed by atoms with Crippen LogP contribution in [0.4, 0.5) is 5.69 Å². The van der Waals surface area contributed by atoms with E-state index in [4.69, 9.17) is 0 Å². The number of anilines is 1.